The van der Waals surface area contributed by atoms with Gasteiger partial charge in [0.1, 0.15) is 0 Å². The summed E-state index contributed by atoms with van der Waals surface area (Å²) in [7, 11) is 3.81. The Morgan fingerprint density at radius 3 is 2.80 bits per heavy atom. The Balaban J connectivity index is 2.01. The summed E-state index contributed by atoms with van der Waals surface area (Å²) in [5.74, 6) is 0.209. The van der Waals surface area contributed by atoms with Gasteiger partial charge in [0.2, 0.25) is 0 Å². The van der Waals surface area contributed by atoms with E-state index in [0.717, 1.165) is 36.1 Å². The Hall–Kier alpha value is -1.94. The van der Waals surface area contributed by atoms with Crippen molar-refractivity contribution in [3.63, 3.8) is 0 Å². The summed E-state index contributed by atoms with van der Waals surface area (Å²) in [6.07, 6.45) is 5.93. The van der Waals surface area contributed by atoms with Crippen LogP contribution in [0.2, 0.25) is 0 Å². The zero-order valence-corrected chi connectivity index (χ0v) is 12.1. The quantitative estimate of drug-likeness (QED) is 0.783. The lowest BCUT2D eigenvalue weighted by atomic mass is 9.97. The van der Waals surface area contributed by atoms with Gasteiger partial charge in [-0.1, -0.05) is 24.3 Å². The first kappa shape index (κ1) is 14.5. The van der Waals surface area contributed by atoms with Crippen molar-refractivity contribution >= 4 is 5.78 Å². The van der Waals surface area contributed by atoms with Crippen LogP contribution in [-0.4, -0.2) is 29.2 Å². The van der Waals surface area contributed by atoms with E-state index in [1.165, 1.54) is 0 Å². The predicted octanol–water partition coefficient (Wildman–Crippen LogP) is 2.00. The van der Waals surface area contributed by atoms with Crippen molar-refractivity contribution in [1.82, 2.24) is 15.1 Å². The first-order valence-electron chi connectivity index (χ1n) is 6.94. The van der Waals surface area contributed by atoms with Crippen LogP contribution in [-0.2, 0) is 19.9 Å². The van der Waals surface area contributed by atoms with E-state index in [2.05, 4.69) is 10.4 Å². The average Bonchev–Trinajstić information content (AvgIpc) is 2.88. The summed E-state index contributed by atoms with van der Waals surface area (Å²) >= 11 is 0. The number of Topliss-reactive ketones (excluding diaryl/α,β-unsaturated/α-hetero) is 1. The molecule has 2 aromatic rings. The van der Waals surface area contributed by atoms with Crippen molar-refractivity contribution in [2.24, 2.45) is 7.05 Å². The van der Waals surface area contributed by atoms with Crippen LogP contribution >= 0.6 is 0 Å². The highest BCUT2D eigenvalue weighted by Gasteiger charge is 2.11. The van der Waals surface area contributed by atoms with Crippen LogP contribution in [0.25, 0.3) is 0 Å². The first-order chi connectivity index (χ1) is 9.70. The van der Waals surface area contributed by atoms with Crippen LogP contribution in [0.3, 0.4) is 0 Å². The zero-order chi connectivity index (χ0) is 14.4. The highest BCUT2D eigenvalue weighted by Crippen LogP contribution is 2.13. The molecule has 106 valence electrons. The molecule has 2 rings (SSSR count). The summed E-state index contributed by atoms with van der Waals surface area (Å²) in [6, 6.07) is 7.88. The van der Waals surface area contributed by atoms with E-state index >= 15 is 0 Å². The van der Waals surface area contributed by atoms with Crippen LogP contribution in [0.1, 0.15) is 27.9 Å². The summed E-state index contributed by atoms with van der Waals surface area (Å²) < 4.78 is 1.76. The molecule has 0 atom stereocenters. The van der Waals surface area contributed by atoms with E-state index in [9.17, 15) is 4.79 Å². The molecule has 4 heteroatoms. The lowest BCUT2D eigenvalue weighted by molar-refractivity contribution is 0.0982. The van der Waals surface area contributed by atoms with Gasteiger partial charge in [-0.2, -0.15) is 5.10 Å². The maximum Gasteiger partial charge on any atom is 0.163 e. The Kier molecular flexibility index (Phi) is 5.07. The van der Waals surface area contributed by atoms with Crippen molar-refractivity contribution in [3.05, 3.63) is 53.3 Å². The molecule has 0 saturated heterocycles. The second-order valence-corrected chi connectivity index (χ2v) is 4.96. The van der Waals surface area contributed by atoms with E-state index in [4.69, 9.17) is 0 Å². The second-order valence-electron chi connectivity index (χ2n) is 4.96. The fraction of sp³-hybridized carbons (Fsp3) is 0.375. The molecule has 1 aromatic heterocycles. The number of carbonyl (C=O) groups is 1. The molecule has 1 heterocycles. The highest BCUT2D eigenvalue weighted by atomic mass is 16.1. The maximum absolute atomic E-state index is 12.4. The number of ketones is 1. The van der Waals surface area contributed by atoms with Crippen molar-refractivity contribution in [1.29, 1.82) is 0 Å². The Morgan fingerprint density at radius 2 is 2.10 bits per heavy atom. The molecule has 0 aliphatic heterocycles. The molecule has 0 saturated carbocycles. The first-order valence-corrected chi connectivity index (χ1v) is 6.94. The van der Waals surface area contributed by atoms with Crippen LogP contribution in [0.15, 0.2) is 36.7 Å². The molecule has 0 bridgehead atoms. The predicted molar refractivity (Wildman–Crippen MR) is 79.9 cm³/mol. The Labute approximate surface area is 119 Å². The molecule has 0 spiro atoms. The molecule has 1 aromatic carbocycles. The molecule has 0 aliphatic rings. The van der Waals surface area contributed by atoms with Crippen molar-refractivity contribution in [2.45, 2.75) is 19.3 Å². The fourth-order valence-corrected chi connectivity index (χ4v) is 2.26. The van der Waals surface area contributed by atoms with Gasteiger partial charge in [0.25, 0.3) is 0 Å². The largest absolute Gasteiger partial charge is 0.319 e. The van der Waals surface area contributed by atoms with Crippen LogP contribution in [0.5, 0.6) is 0 Å². The van der Waals surface area contributed by atoms with E-state index in [-0.39, 0.29) is 5.78 Å². The fourth-order valence-electron chi connectivity index (χ4n) is 2.26. The lowest BCUT2D eigenvalue weighted by Crippen LogP contribution is -2.13. The molecular weight excluding hydrogens is 250 g/mol. The zero-order valence-electron chi connectivity index (χ0n) is 12.1. The van der Waals surface area contributed by atoms with Gasteiger partial charge >= 0.3 is 0 Å². The minimum Gasteiger partial charge on any atom is -0.319 e. The number of aromatic nitrogens is 2. The van der Waals surface area contributed by atoms with Gasteiger partial charge in [-0.15, -0.1) is 0 Å². The van der Waals surface area contributed by atoms with Gasteiger partial charge in [-0.05, 0) is 37.6 Å². The van der Waals surface area contributed by atoms with Crippen LogP contribution in [0.4, 0.5) is 0 Å². The van der Waals surface area contributed by atoms with Gasteiger partial charge in [0.05, 0.1) is 6.20 Å². The van der Waals surface area contributed by atoms with E-state index in [1.807, 2.05) is 50.8 Å². The minimum atomic E-state index is 0.209. The molecule has 0 unspecified atom stereocenters. The maximum atomic E-state index is 12.4. The van der Waals surface area contributed by atoms with Crippen LogP contribution < -0.4 is 5.32 Å². The third-order valence-corrected chi connectivity index (χ3v) is 3.36. The molecule has 20 heavy (non-hydrogen) atoms. The highest BCUT2D eigenvalue weighted by molar-refractivity contribution is 5.97. The number of nitrogens with zero attached hydrogens (tertiary/aromatic N) is 2. The van der Waals surface area contributed by atoms with Gasteiger partial charge in [-0.3, -0.25) is 9.48 Å². The van der Waals surface area contributed by atoms with Crippen LogP contribution in [0, 0.1) is 0 Å². The molecule has 0 amide bonds. The number of rotatable bonds is 7. The average molecular weight is 271 g/mol. The number of benzene rings is 1. The van der Waals surface area contributed by atoms with Crippen molar-refractivity contribution in [2.75, 3.05) is 13.6 Å². The molecule has 0 radical (unpaired) electrons. The second kappa shape index (κ2) is 7.01. The smallest absolute Gasteiger partial charge is 0.163 e. The van der Waals surface area contributed by atoms with Gasteiger partial charge in [-0.25, -0.2) is 0 Å². The summed E-state index contributed by atoms with van der Waals surface area (Å²) in [6.45, 7) is 0.882. The third kappa shape index (κ3) is 3.78. The van der Waals surface area contributed by atoms with Crippen molar-refractivity contribution < 1.29 is 4.79 Å². The number of carbonyl (C=O) groups excluding carboxylic acids is 1. The van der Waals surface area contributed by atoms with E-state index in [1.54, 1.807) is 4.68 Å². The molecule has 0 aliphatic carbocycles. The molecule has 4 nitrogen and oxygen atoms in total. The Bertz CT molecular complexity index is 575. The monoisotopic (exact) mass is 271 g/mol. The molecule has 0 fully saturated rings. The minimum absolute atomic E-state index is 0.209. The number of hydrogen-bond acceptors (Lipinski definition) is 3. The van der Waals surface area contributed by atoms with Gasteiger partial charge in [0.15, 0.2) is 5.78 Å². The molecule has 1 N–H and O–H groups in total. The number of hydrogen-bond donors (Lipinski definition) is 1. The Morgan fingerprint density at radius 1 is 1.30 bits per heavy atom. The summed E-state index contributed by atoms with van der Waals surface area (Å²) in [5.41, 5.74) is 3.08. The normalized spacial score (nSPS) is 10.7. The lowest BCUT2D eigenvalue weighted by Gasteiger charge is -2.08. The standard InChI is InChI=1S/C16H21N3O/c1-17-10-9-14-5-3-4-6-15(14)16(20)8-7-13-11-18-19(2)12-13/h3-6,11-12,17H,7-10H2,1-2H3. The number of nitrogens with one attached hydrogen (secondary N) is 1. The van der Waals surface area contributed by atoms with Gasteiger partial charge in [0, 0.05) is 25.2 Å². The molecular formula is C16H21N3O. The van der Waals surface area contributed by atoms with E-state index < -0.39 is 0 Å². The topological polar surface area (TPSA) is 46.9 Å². The third-order valence-electron chi connectivity index (χ3n) is 3.36. The van der Waals surface area contributed by atoms with Crippen molar-refractivity contribution in [3.8, 4) is 0 Å². The summed E-state index contributed by atoms with van der Waals surface area (Å²) in [5, 5.41) is 7.24. The summed E-state index contributed by atoms with van der Waals surface area (Å²) in [4.78, 5) is 12.4. The number of aryl methyl sites for hydroxylation is 2. The number of likely N-dealkylation sites (N-methyl/N-ethyl adjacent to an activating group) is 1. The van der Waals surface area contributed by atoms with E-state index in [0.29, 0.717) is 6.42 Å². The van der Waals surface area contributed by atoms with Gasteiger partial charge < -0.3 is 5.32 Å². The SMILES string of the molecule is CNCCc1ccccc1C(=O)CCc1cnn(C)c1.